The molecule has 0 atom stereocenters. The fourth-order valence-corrected chi connectivity index (χ4v) is 3.21. The van der Waals surface area contributed by atoms with Crippen molar-refractivity contribution in [2.24, 2.45) is 0 Å². The van der Waals surface area contributed by atoms with Gasteiger partial charge in [-0.25, -0.2) is 9.18 Å². The molecule has 0 aromatic heterocycles. The number of fused-ring (bicyclic) bond motifs is 1. The lowest BCUT2D eigenvalue weighted by atomic mass is 9.99. The van der Waals surface area contributed by atoms with Gasteiger partial charge in [-0.1, -0.05) is 18.2 Å². The first-order valence-corrected chi connectivity index (χ1v) is 8.99. The zero-order valence-corrected chi connectivity index (χ0v) is 15.2. The average Bonchev–Trinajstić information content (AvgIpc) is 2.67. The molecule has 0 fully saturated rings. The number of nitrogens with one attached hydrogen (secondary N) is 3. The van der Waals surface area contributed by atoms with Gasteiger partial charge >= 0.3 is 6.03 Å². The van der Waals surface area contributed by atoms with Gasteiger partial charge in [0.25, 0.3) is 0 Å². The Labute approximate surface area is 157 Å². The number of carbonyl (C=O) groups is 2. The van der Waals surface area contributed by atoms with Gasteiger partial charge in [0, 0.05) is 30.9 Å². The smallest absolute Gasteiger partial charge is 0.319 e. The summed E-state index contributed by atoms with van der Waals surface area (Å²) >= 11 is 0. The molecule has 142 valence electrons. The summed E-state index contributed by atoms with van der Waals surface area (Å²) < 4.78 is 13.7. The molecule has 7 heteroatoms. The summed E-state index contributed by atoms with van der Waals surface area (Å²) in [4.78, 5) is 26.5. The molecule has 0 saturated carbocycles. The number of halogens is 1. The van der Waals surface area contributed by atoms with Crippen molar-refractivity contribution in [3.63, 3.8) is 0 Å². The third-order valence-electron chi connectivity index (χ3n) is 4.51. The molecule has 3 N–H and O–H groups in total. The number of rotatable bonds is 5. The van der Waals surface area contributed by atoms with Crippen LogP contribution in [0.4, 0.5) is 26.2 Å². The first-order valence-electron chi connectivity index (χ1n) is 8.99. The number of para-hydroxylation sites is 1. The molecular formula is C20H23FN4O2. The highest BCUT2D eigenvalue weighted by Gasteiger charge is 2.24. The maximum absolute atomic E-state index is 13.7. The number of hydrogen-bond acceptors (Lipinski definition) is 3. The molecule has 1 aliphatic rings. The third kappa shape index (κ3) is 4.43. The Balaban J connectivity index is 1.77. The van der Waals surface area contributed by atoms with Crippen LogP contribution >= 0.6 is 0 Å². The summed E-state index contributed by atoms with van der Waals surface area (Å²) in [6, 6.07) is 11.0. The molecule has 1 heterocycles. The van der Waals surface area contributed by atoms with Crippen molar-refractivity contribution >= 4 is 29.0 Å². The Morgan fingerprint density at radius 2 is 1.81 bits per heavy atom. The van der Waals surface area contributed by atoms with Crippen molar-refractivity contribution in [3.8, 4) is 0 Å². The number of anilines is 3. The summed E-state index contributed by atoms with van der Waals surface area (Å²) in [6.45, 7) is 1.29. The van der Waals surface area contributed by atoms with E-state index in [2.05, 4.69) is 16.0 Å². The van der Waals surface area contributed by atoms with Crippen LogP contribution in [0.2, 0.25) is 0 Å². The van der Waals surface area contributed by atoms with Gasteiger partial charge in [-0.05, 0) is 49.7 Å². The van der Waals surface area contributed by atoms with E-state index < -0.39 is 11.8 Å². The van der Waals surface area contributed by atoms with Gasteiger partial charge in [0.15, 0.2) is 0 Å². The topological polar surface area (TPSA) is 73.5 Å². The molecule has 0 saturated heterocycles. The van der Waals surface area contributed by atoms with E-state index in [1.54, 1.807) is 29.2 Å². The highest BCUT2D eigenvalue weighted by atomic mass is 19.1. The largest absolute Gasteiger partial charge is 0.323 e. The van der Waals surface area contributed by atoms with Crippen LogP contribution in [0.1, 0.15) is 18.4 Å². The normalized spacial score (nSPS) is 13.0. The van der Waals surface area contributed by atoms with Crippen LogP contribution in [-0.2, 0) is 11.2 Å². The molecule has 2 aromatic rings. The Hall–Kier alpha value is -2.93. The molecule has 2 aromatic carbocycles. The summed E-state index contributed by atoms with van der Waals surface area (Å²) in [5.41, 5.74) is 2.49. The zero-order chi connectivity index (χ0) is 19.2. The van der Waals surface area contributed by atoms with Crippen molar-refractivity contribution in [2.45, 2.75) is 19.3 Å². The molecule has 6 nitrogen and oxygen atoms in total. The van der Waals surface area contributed by atoms with Crippen molar-refractivity contribution in [3.05, 3.63) is 53.8 Å². The van der Waals surface area contributed by atoms with E-state index in [-0.39, 0.29) is 11.6 Å². The first kappa shape index (κ1) is 18.8. The second kappa shape index (κ2) is 8.64. The third-order valence-corrected chi connectivity index (χ3v) is 4.51. The zero-order valence-electron chi connectivity index (χ0n) is 15.2. The number of benzene rings is 2. The van der Waals surface area contributed by atoms with Gasteiger partial charge in [0.05, 0.1) is 5.69 Å². The van der Waals surface area contributed by atoms with Gasteiger partial charge in [0.1, 0.15) is 5.82 Å². The average molecular weight is 370 g/mol. The highest BCUT2D eigenvalue weighted by molar-refractivity contribution is 6.02. The van der Waals surface area contributed by atoms with Gasteiger partial charge in [-0.2, -0.15) is 0 Å². The molecule has 27 heavy (non-hydrogen) atoms. The molecule has 0 bridgehead atoms. The molecule has 0 unspecified atom stereocenters. The van der Waals surface area contributed by atoms with E-state index in [1.807, 2.05) is 13.1 Å². The molecular weight excluding hydrogens is 347 g/mol. The van der Waals surface area contributed by atoms with Crippen LogP contribution in [-0.4, -0.2) is 32.1 Å². The Bertz CT molecular complexity index is 840. The lowest BCUT2D eigenvalue weighted by molar-refractivity contribution is -0.118. The molecule has 0 aliphatic carbocycles. The second-order valence-electron chi connectivity index (χ2n) is 6.36. The number of urea groups is 1. The van der Waals surface area contributed by atoms with Gasteiger partial charge in [-0.15, -0.1) is 0 Å². The molecule has 3 amide bonds. The van der Waals surface area contributed by atoms with E-state index in [9.17, 15) is 14.0 Å². The van der Waals surface area contributed by atoms with Crippen molar-refractivity contribution < 1.29 is 14.0 Å². The van der Waals surface area contributed by atoms with Gasteiger partial charge in [-0.3, -0.25) is 4.79 Å². The van der Waals surface area contributed by atoms with Crippen LogP contribution in [0.15, 0.2) is 42.5 Å². The van der Waals surface area contributed by atoms with Crippen LogP contribution in [0.5, 0.6) is 0 Å². The number of amides is 3. The molecule has 3 rings (SSSR count). The predicted molar refractivity (Wildman–Crippen MR) is 105 cm³/mol. The fourth-order valence-electron chi connectivity index (χ4n) is 3.21. The predicted octanol–water partition coefficient (Wildman–Crippen LogP) is 3.36. The maximum Gasteiger partial charge on any atom is 0.323 e. The fraction of sp³-hybridized carbons (Fsp3) is 0.300. The van der Waals surface area contributed by atoms with E-state index in [0.717, 1.165) is 24.1 Å². The van der Waals surface area contributed by atoms with Crippen LogP contribution in [0.25, 0.3) is 0 Å². The van der Waals surface area contributed by atoms with Crippen LogP contribution in [0, 0.1) is 5.82 Å². The number of nitrogens with zero attached hydrogens (tertiary/aromatic N) is 1. The summed E-state index contributed by atoms with van der Waals surface area (Å²) in [6.07, 6.45) is 2.01. The Morgan fingerprint density at radius 1 is 1.07 bits per heavy atom. The summed E-state index contributed by atoms with van der Waals surface area (Å²) in [5.74, 6) is -0.442. The molecule has 1 aliphatic heterocycles. The lowest BCUT2D eigenvalue weighted by Gasteiger charge is -2.31. The van der Waals surface area contributed by atoms with E-state index >= 15 is 0 Å². The quantitative estimate of drug-likeness (QED) is 0.756. The highest BCUT2D eigenvalue weighted by Crippen LogP contribution is 2.33. The Morgan fingerprint density at radius 3 is 2.59 bits per heavy atom. The molecule has 0 radical (unpaired) electrons. The lowest BCUT2D eigenvalue weighted by Crippen LogP contribution is -2.37. The van der Waals surface area contributed by atoms with Crippen molar-refractivity contribution in [2.75, 3.05) is 35.7 Å². The van der Waals surface area contributed by atoms with Crippen LogP contribution in [0.3, 0.4) is 0 Å². The first-order chi connectivity index (χ1) is 13.1. The number of carbonyl (C=O) groups excluding carboxylic acids is 2. The van der Waals surface area contributed by atoms with Gasteiger partial charge < -0.3 is 20.9 Å². The number of hydrogen-bond donors (Lipinski definition) is 3. The summed E-state index contributed by atoms with van der Waals surface area (Å²) in [5, 5.41) is 8.28. The van der Waals surface area contributed by atoms with Crippen molar-refractivity contribution in [1.29, 1.82) is 0 Å². The van der Waals surface area contributed by atoms with Gasteiger partial charge in [0.2, 0.25) is 5.91 Å². The van der Waals surface area contributed by atoms with Crippen LogP contribution < -0.4 is 20.9 Å². The minimum Gasteiger partial charge on any atom is -0.319 e. The molecule has 0 spiro atoms. The van der Waals surface area contributed by atoms with E-state index in [1.165, 1.54) is 12.1 Å². The minimum atomic E-state index is -0.521. The second-order valence-corrected chi connectivity index (χ2v) is 6.36. The summed E-state index contributed by atoms with van der Waals surface area (Å²) in [7, 11) is 1.81. The monoisotopic (exact) mass is 370 g/mol. The SMILES string of the molecule is CNCCC(=O)N1CCCc2c(NC(=O)Nc3ccccc3F)cccc21. The van der Waals surface area contributed by atoms with E-state index in [0.29, 0.717) is 25.2 Å². The van der Waals surface area contributed by atoms with E-state index in [4.69, 9.17) is 0 Å². The van der Waals surface area contributed by atoms with Crippen molar-refractivity contribution in [1.82, 2.24) is 5.32 Å². The maximum atomic E-state index is 13.7. The Kier molecular flexibility index (Phi) is 6.03. The minimum absolute atomic E-state index is 0.0539. The standard InChI is InChI=1S/C20H23FN4O2/c1-22-12-11-19(26)25-13-5-6-14-16(9-4-10-18(14)25)23-20(27)24-17-8-3-2-7-15(17)21/h2-4,7-10,22H,5-6,11-13H2,1H3,(H2,23,24,27).